The van der Waals surface area contributed by atoms with Crippen LogP contribution in [0.5, 0.6) is 0 Å². The van der Waals surface area contributed by atoms with Gasteiger partial charge in [-0.25, -0.2) is 0 Å². The Labute approximate surface area is 143 Å². The van der Waals surface area contributed by atoms with E-state index in [0.29, 0.717) is 18.1 Å². The number of β-amino-alcohol motifs (C(OH)–C–C–N with tert-alkyl or cyclic N) is 1. The van der Waals surface area contributed by atoms with Gasteiger partial charge in [0.25, 0.3) is 0 Å². The molecular formula is C20H39NO2. The molecule has 1 saturated carbocycles. The van der Waals surface area contributed by atoms with Crippen molar-refractivity contribution in [2.75, 3.05) is 26.2 Å². The number of hydrogen-bond acceptors (Lipinski definition) is 3. The molecule has 0 spiro atoms. The second-order valence-corrected chi connectivity index (χ2v) is 9.49. The van der Waals surface area contributed by atoms with Gasteiger partial charge < -0.3 is 14.7 Å². The molecule has 1 heterocycles. The first-order valence-electron chi connectivity index (χ1n) is 9.76. The lowest BCUT2D eigenvalue weighted by Crippen LogP contribution is -2.44. The van der Waals surface area contributed by atoms with E-state index in [1.165, 1.54) is 19.3 Å². The van der Waals surface area contributed by atoms with Gasteiger partial charge in [-0.2, -0.15) is 0 Å². The summed E-state index contributed by atoms with van der Waals surface area (Å²) in [4.78, 5) is 2.42. The molecule has 0 aromatic heterocycles. The predicted octanol–water partition coefficient (Wildman–Crippen LogP) is 3.95. The summed E-state index contributed by atoms with van der Waals surface area (Å²) < 4.78 is 6.02. The monoisotopic (exact) mass is 325 g/mol. The molecule has 0 amide bonds. The number of aliphatic hydroxyl groups is 1. The minimum Gasteiger partial charge on any atom is -0.389 e. The molecule has 1 aliphatic carbocycles. The molecule has 2 fully saturated rings. The number of likely N-dealkylation sites (tertiary alicyclic amines) is 1. The highest BCUT2D eigenvalue weighted by atomic mass is 16.5. The topological polar surface area (TPSA) is 32.7 Å². The normalized spacial score (nSPS) is 35.2. The zero-order chi connectivity index (χ0) is 17.0. The maximum Gasteiger partial charge on any atom is 0.0900 e. The molecule has 3 nitrogen and oxygen atoms in total. The van der Waals surface area contributed by atoms with Gasteiger partial charge in [0.2, 0.25) is 0 Å². The summed E-state index contributed by atoms with van der Waals surface area (Å²) in [6.45, 7) is 15.2. The fraction of sp³-hybridized carbons (Fsp3) is 1.00. The van der Waals surface area contributed by atoms with Crippen molar-refractivity contribution in [2.45, 2.75) is 78.9 Å². The SMILES string of the molecule is C[C@H]1C[C@H](C)CN(C[C@H](O)COC2CCC(C(C)(C)C)CC2)C1. The molecule has 1 aliphatic heterocycles. The number of aliphatic hydroxyl groups excluding tert-OH is 1. The van der Waals surface area contributed by atoms with Crippen LogP contribution >= 0.6 is 0 Å². The van der Waals surface area contributed by atoms with Gasteiger partial charge in [-0.3, -0.25) is 0 Å². The van der Waals surface area contributed by atoms with Crippen molar-refractivity contribution in [3.8, 4) is 0 Å². The van der Waals surface area contributed by atoms with Crippen molar-refractivity contribution in [2.24, 2.45) is 23.2 Å². The number of hydrogen-bond donors (Lipinski definition) is 1. The number of nitrogens with zero attached hydrogens (tertiary/aromatic N) is 1. The summed E-state index contributed by atoms with van der Waals surface area (Å²) in [5.74, 6) is 2.32. The summed E-state index contributed by atoms with van der Waals surface area (Å²) in [6.07, 6.45) is 6.20. The minimum absolute atomic E-state index is 0.340. The van der Waals surface area contributed by atoms with Crippen molar-refractivity contribution in [3.05, 3.63) is 0 Å². The zero-order valence-electron chi connectivity index (χ0n) is 16.1. The number of piperidine rings is 1. The van der Waals surface area contributed by atoms with E-state index in [1.807, 2.05) is 0 Å². The Morgan fingerprint density at radius 3 is 2.13 bits per heavy atom. The van der Waals surface area contributed by atoms with Gasteiger partial charge in [0.1, 0.15) is 0 Å². The highest BCUT2D eigenvalue weighted by Gasteiger charge is 2.30. The lowest BCUT2D eigenvalue weighted by atomic mass is 9.72. The summed E-state index contributed by atoms with van der Waals surface area (Å²) in [6, 6.07) is 0. The molecule has 136 valence electrons. The maximum absolute atomic E-state index is 10.3. The average Bonchev–Trinajstić information content (AvgIpc) is 2.43. The molecule has 0 aromatic rings. The first-order chi connectivity index (χ1) is 10.7. The van der Waals surface area contributed by atoms with Crippen LogP contribution in [0.4, 0.5) is 0 Å². The summed E-state index contributed by atoms with van der Waals surface area (Å²) in [5, 5.41) is 10.3. The maximum atomic E-state index is 10.3. The van der Waals surface area contributed by atoms with Crippen LogP contribution in [-0.4, -0.2) is 48.5 Å². The van der Waals surface area contributed by atoms with Gasteiger partial charge in [-0.05, 0) is 55.3 Å². The van der Waals surface area contributed by atoms with Crippen LogP contribution in [0.2, 0.25) is 0 Å². The molecule has 0 radical (unpaired) electrons. The van der Waals surface area contributed by atoms with Crippen molar-refractivity contribution < 1.29 is 9.84 Å². The Balaban J connectivity index is 1.64. The molecule has 0 unspecified atom stereocenters. The second-order valence-electron chi connectivity index (χ2n) is 9.49. The molecule has 3 heteroatoms. The van der Waals surface area contributed by atoms with E-state index in [2.05, 4.69) is 39.5 Å². The highest BCUT2D eigenvalue weighted by molar-refractivity contribution is 4.81. The lowest BCUT2D eigenvalue weighted by Gasteiger charge is -2.38. The zero-order valence-corrected chi connectivity index (χ0v) is 16.1. The Bertz CT molecular complexity index is 334. The Hall–Kier alpha value is -0.120. The molecule has 3 atom stereocenters. The van der Waals surface area contributed by atoms with Crippen molar-refractivity contribution in [3.63, 3.8) is 0 Å². The number of rotatable bonds is 5. The van der Waals surface area contributed by atoms with E-state index in [-0.39, 0.29) is 6.10 Å². The van der Waals surface area contributed by atoms with E-state index in [1.54, 1.807) is 0 Å². The quantitative estimate of drug-likeness (QED) is 0.831. The summed E-state index contributed by atoms with van der Waals surface area (Å²) in [5.41, 5.74) is 0.423. The highest BCUT2D eigenvalue weighted by Crippen LogP contribution is 2.38. The largest absolute Gasteiger partial charge is 0.389 e. The fourth-order valence-corrected chi connectivity index (χ4v) is 4.63. The molecular weight excluding hydrogens is 286 g/mol. The fourth-order valence-electron chi connectivity index (χ4n) is 4.63. The number of ether oxygens (including phenoxy) is 1. The predicted molar refractivity (Wildman–Crippen MR) is 96.5 cm³/mol. The molecule has 1 N–H and O–H groups in total. The smallest absolute Gasteiger partial charge is 0.0900 e. The van der Waals surface area contributed by atoms with Crippen LogP contribution in [0.15, 0.2) is 0 Å². The van der Waals surface area contributed by atoms with E-state index in [0.717, 1.165) is 50.2 Å². The first kappa shape index (κ1) is 19.2. The third kappa shape index (κ3) is 6.36. The van der Waals surface area contributed by atoms with Crippen LogP contribution in [0.3, 0.4) is 0 Å². The third-order valence-corrected chi connectivity index (χ3v) is 5.84. The molecule has 2 rings (SSSR count). The molecule has 1 saturated heterocycles. The lowest BCUT2D eigenvalue weighted by molar-refractivity contribution is -0.0482. The minimum atomic E-state index is -0.340. The van der Waals surface area contributed by atoms with Gasteiger partial charge >= 0.3 is 0 Å². The molecule has 0 aromatic carbocycles. The Morgan fingerprint density at radius 1 is 1.04 bits per heavy atom. The molecule has 23 heavy (non-hydrogen) atoms. The van der Waals surface area contributed by atoms with Crippen LogP contribution in [0.25, 0.3) is 0 Å². The molecule has 2 aliphatic rings. The Morgan fingerprint density at radius 2 is 1.61 bits per heavy atom. The Kier molecular flexibility index (Phi) is 6.94. The van der Waals surface area contributed by atoms with Gasteiger partial charge in [-0.15, -0.1) is 0 Å². The standard InChI is InChI=1S/C20H39NO2/c1-15-10-16(2)12-21(11-15)13-18(22)14-23-19-8-6-17(7-9-19)20(3,4)5/h15-19,22H,6-14H2,1-5H3/t15-,16-,17?,18-,19?/m0/s1. The second kappa shape index (κ2) is 8.31. The first-order valence-corrected chi connectivity index (χ1v) is 9.76. The van der Waals surface area contributed by atoms with Crippen LogP contribution in [-0.2, 0) is 4.74 Å². The third-order valence-electron chi connectivity index (χ3n) is 5.84. The van der Waals surface area contributed by atoms with Gasteiger partial charge in [0, 0.05) is 19.6 Å². The van der Waals surface area contributed by atoms with Crippen LogP contribution in [0, 0.1) is 23.2 Å². The van der Waals surface area contributed by atoms with Gasteiger partial charge in [0.05, 0.1) is 18.8 Å². The van der Waals surface area contributed by atoms with E-state index < -0.39 is 0 Å². The summed E-state index contributed by atoms with van der Waals surface area (Å²) in [7, 11) is 0. The van der Waals surface area contributed by atoms with E-state index >= 15 is 0 Å². The van der Waals surface area contributed by atoms with Crippen molar-refractivity contribution in [1.82, 2.24) is 4.90 Å². The molecule has 0 bridgehead atoms. The average molecular weight is 326 g/mol. The van der Waals surface area contributed by atoms with Crippen molar-refractivity contribution >= 4 is 0 Å². The summed E-state index contributed by atoms with van der Waals surface area (Å²) >= 11 is 0. The van der Waals surface area contributed by atoms with Crippen LogP contribution < -0.4 is 0 Å². The van der Waals surface area contributed by atoms with Crippen LogP contribution in [0.1, 0.15) is 66.7 Å². The van der Waals surface area contributed by atoms with E-state index in [9.17, 15) is 5.11 Å². The van der Waals surface area contributed by atoms with Gasteiger partial charge in [0.15, 0.2) is 0 Å². The van der Waals surface area contributed by atoms with Gasteiger partial charge in [-0.1, -0.05) is 34.6 Å². The van der Waals surface area contributed by atoms with Crippen molar-refractivity contribution in [1.29, 1.82) is 0 Å². The van der Waals surface area contributed by atoms with E-state index in [4.69, 9.17) is 4.74 Å².